The number of hydrogen-bond acceptors (Lipinski definition) is 26. The molecule has 15 bridgehead atoms. The number of ketones is 3. The lowest BCUT2D eigenvalue weighted by atomic mass is 9.51. The Balaban J connectivity index is 0.943. The van der Waals surface area contributed by atoms with Crippen LogP contribution in [-0.2, 0) is 59.2 Å². The molecule has 0 aromatic heterocycles. The van der Waals surface area contributed by atoms with Gasteiger partial charge in [0.05, 0.1) is 41.6 Å². The van der Waals surface area contributed by atoms with Gasteiger partial charge in [0.2, 0.25) is 41.6 Å². The van der Waals surface area contributed by atoms with E-state index in [2.05, 4.69) is 42.5 Å². The summed E-state index contributed by atoms with van der Waals surface area (Å²) >= 11 is 14.5. The van der Waals surface area contributed by atoms with Crippen LogP contribution in [0.4, 0.5) is 4.79 Å². The molecule has 7 aliphatic heterocycles. The van der Waals surface area contributed by atoms with Gasteiger partial charge in [0, 0.05) is 67.4 Å². The van der Waals surface area contributed by atoms with Crippen molar-refractivity contribution in [2.45, 2.75) is 171 Å². The van der Waals surface area contributed by atoms with Crippen molar-refractivity contribution in [1.82, 2.24) is 42.5 Å². The summed E-state index contributed by atoms with van der Waals surface area (Å²) in [6.07, 6.45) is -11.7. The van der Waals surface area contributed by atoms with Gasteiger partial charge in [0.1, 0.15) is 95.8 Å². The van der Waals surface area contributed by atoms with Crippen LogP contribution in [0.2, 0.25) is 10.0 Å². The minimum atomic E-state index is -2.23. The van der Waals surface area contributed by atoms with Crippen LogP contribution in [0.1, 0.15) is 165 Å². The molecule has 6 fully saturated rings. The van der Waals surface area contributed by atoms with Gasteiger partial charge in [-0.05, 0) is 201 Å². The van der Waals surface area contributed by atoms with Gasteiger partial charge in [-0.3, -0.25) is 48.5 Å². The van der Waals surface area contributed by atoms with E-state index in [1.807, 2.05) is 13.8 Å². The first kappa shape index (κ1) is 87.8. The molecule has 11 aliphatic rings. The Labute approximate surface area is 712 Å². The predicted molar refractivity (Wildman–Crippen MR) is 437 cm³/mol. The number of carbonyl (C=O) groups excluding carboxylic acids is 10. The number of phenols is 3. The van der Waals surface area contributed by atoms with Crippen molar-refractivity contribution >= 4 is 82.1 Å². The molecule has 4 saturated carbocycles. The number of benzene rings is 6. The van der Waals surface area contributed by atoms with Gasteiger partial charge in [-0.1, -0.05) is 62.2 Å². The van der Waals surface area contributed by atoms with Gasteiger partial charge in [-0.2, -0.15) is 0 Å². The van der Waals surface area contributed by atoms with Gasteiger partial charge < -0.3 is 106 Å². The molecule has 2 saturated heterocycles. The highest BCUT2D eigenvalue weighted by atomic mass is 35.5. The number of fused-ring (bicyclic) bond motifs is 16. The molecule has 4 aliphatic carbocycles. The Bertz CT molecular complexity index is 5020. The molecule has 650 valence electrons. The number of likely N-dealkylation sites (N-methyl/N-ethyl adjacent to an activating group) is 2. The maximum atomic E-state index is 16.7. The highest BCUT2D eigenvalue weighted by Crippen LogP contribution is 2.58. The predicted octanol–water partition coefficient (Wildman–Crippen LogP) is 7.79. The Morgan fingerprint density at radius 2 is 1.32 bits per heavy atom. The molecule has 32 nitrogen and oxygen atoms in total. The highest BCUT2D eigenvalue weighted by molar-refractivity contribution is 6.32. The molecule has 15 N–H and O–H groups in total. The SMILES string of the molecule is CC[C@H](CC(C)C)C(=O)N[C@H]1C(=O)C[C@@H](CC(=O)NC(=O)c2cc(COCCNC)cc(OCCNC)c2)C(=O)N[C@H]2C(=O)C[C@H]3C(=O)N[C@H](C(=O)N[C@H](C(=O)CC4C5CC6CC(C5)CC4C6)c4cc(O)cc(O)c4-c4cc3ccc4O)[C@H](O)c3ccc(c(Cl)c3)Oc3cc2cc(c3O[C@@H]2O[C@@H]3CNC(=O)O[C@H]3[C@H](O)[C@H]2O)Oc2ccc(cc2Cl)[C@H]1O. The van der Waals surface area contributed by atoms with E-state index in [0.29, 0.717) is 36.9 Å². The number of aliphatic hydroxyl groups is 4. The molecule has 34 heteroatoms. The summed E-state index contributed by atoms with van der Waals surface area (Å²) in [4.78, 5) is 153. The Kier molecular flexibility index (Phi) is 27.1. The molecule has 0 radical (unpaired) electrons. The molecular formula is C88H100Cl2N8O24. The standard InChI is InChI=1S/C88H100Cl2N8O24/c1-6-43(17-39(2)3)82(110)97-74-62(102)29-51(32-70(105)94-83(111)50-23-42(38-116-15-13-91-4)24-53(25-50)117-16-14-92-5)84(112)95-72-49-30-67(118-65-11-8-45(76(74)106)27-58(65)89)80(121-87-79(109)78(108)81-69(120-87)37-93-88(115)122-81)68(31-49)119-66-12-9-46(28-59(66)90)77(107)75-86(114)96-73(64(104)35-54-47-19-40-18-41(21-47)22-48(54)20-40)57-33-52(99)34-61(101)71(57)56-26-44(7-10-60(56)100)55(36-63(72)103)85(113)98-75/h7-12,23-28,30-31,33-34,39-41,43,47-48,51,54-55,69,72-79,81,87,91-92,99-101,106-109H,6,13-22,29,32,35-38H2,1-5H3,(H,93,115)(H,95,112)(H,96,114)(H,97,110)(H,98,113)(H,94,105,111)/t40?,41?,43-,47?,48?,51+,54?,55-,69-,72-,73+,74+,75+,76-,77-,78-,79-,81-,87+/m1/s1. The number of ether oxygens (including phenoxy) is 7. The van der Waals surface area contributed by atoms with Crippen LogP contribution in [-0.4, -0.2) is 184 Å². The third kappa shape index (κ3) is 19.3. The molecule has 17 rings (SSSR count). The molecule has 0 unspecified atom stereocenters. The lowest BCUT2D eigenvalue weighted by molar-refractivity contribution is -0.275. The fraction of sp³-hybridized carbons (Fsp3) is 0.477. The van der Waals surface area contributed by atoms with Gasteiger partial charge in [-0.25, -0.2) is 4.79 Å². The number of nitrogens with one attached hydrogen (secondary N) is 8. The Morgan fingerprint density at radius 3 is 1.98 bits per heavy atom. The normalized spacial score (nSPS) is 27.6. The topological polar surface area (TPSA) is 473 Å². The van der Waals surface area contributed by atoms with Crippen LogP contribution in [0.25, 0.3) is 11.1 Å². The van der Waals surface area contributed by atoms with Crippen molar-refractivity contribution in [3.05, 3.63) is 146 Å². The first-order valence-electron chi connectivity index (χ1n) is 41.2. The molecule has 0 spiro atoms. The molecular weight excluding hydrogens is 1620 g/mol. The third-order valence-corrected chi connectivity index (χ3v) is 25.1. The van der Waals surface area contributed by atoms with Crippen LogP contribution in [0, 0.1) is 47.3 Å². The number of halogens is 2. The summed E-state index contributed by atoms with van der Waals surface area (Å²) in [5.41, 5.74) is -1.21. The van der Waals surface area contributed by atoms with Gasteiger partial charge in [0.25, 0.3) is 5.91 Å². The van der Waals surface area contributed by atoms with Crippen molar-refractivity contribution in [2.24, 2.45) is 47.3 Å². The first-order valence-corrected chi connectivity index (χ1v) is 41.9. The van der Waals surface area contributed by atoms with Crippen molar-refractivity contribution in [3.8, 4) is 62.9 Å². The summed E-state index contributed by atoms with van der Waals surface area (Å²) in [7, 11) is 3.45. The van der Waals surface area contributed by atoms with E-state index >= 15 is 33.6 Å². The number of phenolic OH excluding ortho intramolecular Hbond substituents is 3. The summed E-state index contributed by atoms with van der Waals surface area (Å²) < 4.78 is 43.4. The van der Waals surface area contributed by atoms with E-state index < -0.39 is 197 Å². The number of imide groups is 1. The number of amides is 7. The van der Waals surface area contributed by atoms with Crippen molar-refractivity contribution in [1.29, 1.82) is 0 Å². The summed E-state index contributed by atoms with van der Waals surface area (Å²) in [5.74, 6) is -16.7. The quantitative estimate of drug-likeness (QED) is 0.0288. The molecule has 14 atom stereocenters. The third-order valence-electron chi connectivity index (χ3n) is 24.5. The van der Waals surface area contributed by atoms with Crippen molar-refractivity contribution in [2.75, 3.05) is 46.9 Å². The van der Waals surface area contributed by atoms with E-state index in [4.69, 9.17) is 56.4 Å². The van der Waals surface area contributed by atoms with E-state index in [-0.39, 0.29) is 135 Å². The number of hydrogen-bond donors (Lipinski definition) is 15. The second-order valence-corrected chi connectivity index (χ2v) is 34.2. The Hall–Kier alpha value is -10.5. The second kappa shape index (κ2) is 37.7. The van der Waals surface area contributed by atoms with Crippen LogP contribution in [0.3, 0.4) is 0 Å². The zero-order chi connectivity index (χ0) is 86.8. The summed E-state index contributed by atoms with van der Waals surface area (Å²) in [5, 5.41) is 106. The van der Waals surface area contributed by atoms with E-state index in [9.17, 15) is 50.1 Å². The van der Waals surface area contributed by atoms with Crippen molar-refractivity contribution in [3.63, 3.8) is 0 Å². The van der Waals surface area contributed by atoms with Gasteiger partial charge >= 0.3 is 6.09 Å². The number of Topliss-reactive ketones (excluding diaryl/α,β-unsaturated/α-hetero) is 3. The number of alkyl carbamates (subject to hydrolysis) is 1. The van der Waals surface area contributed by atoms with Crippen molar-refractivity contribution < 1.29 is 117 Å². The monoisotopic (exact) mass is 1720 g/mol. The number of carbonyl (C=O) groups is 10. The average Bonchev–Trinajstić information content (AvgIpc) is 0.758. The Morgan fingerprint density at radius 1 is 0.656 bits per heavy atom. The van der Waals surface area contributed by atoms with Gasteiger partial charge in [0.15, 0.2) is 35.0 Å². The zero-order valence-electron chi connectivity index (χ0n) is 67.6. The van der Waals surface area contributed by atoms with Crippen LogP contribution >= 0.6 is 23.2 Å². The number of aromatic hydroxyl groups is 3. The van der Waals surface area contributed by atoms with E-state index in [1.165, 1.54) is 60.7 Å². The molecule has 7 heterocycles. The smallest absolute Gasteiger partial charge is 0.407 e. The molecule has 6 aromatic rings. The fourth-order valence-corrected chi connectivity index (χ4v) is 19.0. The minimum Gasteiger partial charge on any atom is -0.508 e. The molecule has 7 amide bonds. The largest absolute Gasteiger partial charge is 0.508 e. The zero-order valence-corrected chi connectivity index (χ0v) is 69.1. The minimum absolute atomic E-state index is 0.00334. The summed E-state index contributed by atoms with van der Waals surface area (Å²) in [6.45, 7) is 6.55. The lowest BCUT2D eigenvalue weighted by Gasteiger charge is -2.54. The summed E-state index contributed by atoms with van der Waals surface area (Å²) in [6, 6.07) is 11.7. The molecule has 122 heavy (non-hydrogen) atoms. The fourth-order valence-electron chi connectivity index (χ4n) is 18.6. The van der Waals surface area contributed by atoms with Crippen LogP contribution < -0.4 is 61.5 Å². The van der Waals surface area contributed by atoms with E-state index in [0.717, 1.165) is 62.4 Å². The lowest BCUT2D eigenvalue weighted by Crippen LogP contribution is -2.65. The van der Waals surface area contributed by atoms with Crippen LogP contribution in [0.5, 0.6) is 51.7 Å². The van der Waals surface area contributed by atoms with Gasteiger partial charge in [-0.15, -0.1) is 0 Å². The number of aliphatic hydroxyl groups excluding tert-OH is 4. The maximum Gasteiger partial charge on any atom is 0.407 e. The first-order chi connectivity index (χ1) is 58.4. The second-order valence-electron chi connectivity index (χ2n) is 33.4. The maximum absolute atomic E-state index is 16.7. The number of rotatable bonds is 22. The van der Waals surface area contributed by atoms with Crippen LogP contribution in [0.15, 0.2) is 97.1 Å². The highest BCUT2D eigenvalue weighted by Gasteiger charge is 2.53. The van der Waals surface area contributed by atoms with E-state index in [1.54, 1.807) is 27.1 Å². The molecule has 6 aromatic carbocycles. The average molecular weight is 1720 g/mol.